The number of rotatable bonds is 2. The number of benzene rings is 9. The molecular weight excluding hydrogens is 657 g/mol. The third-order valence-electron chi connectivity index (χ3n) is 11.6. The highest BCUT2D eigenvalue weighted by Crippen LogP contribution is 2.62. The summed E-state index contributed by atoms with van der Waals surface area (Å²) in [6.07, 6.45) is 0. The molecule has 0 fully saturated rings. The molecule has 250 valence electrons. The highest BCUT2D eigenvalue weighted by Gasteiger charge is 2.63. The van der Waals surface area contributed by atoms with Crippen LogP contribution in [-0.2, 0) is 11.3 Å². The monoisotopic (exact) mass is 686 g/mol. The lowest BCUT2D eigenvalue weighted by atomic mass is 9.69. The van der Waals surface area contributed by atoms with Crippen LogP contribution >= 0.6 is 0 Å². The molecule has 4 nitrogen and oxygen atoms in total. The maximum atomic E-state index is 5.96. The van der Waals surface area contributed by atoms with Gasteiger partial charge in [0, 0.05) is 33.0 Å². The summed E-state index contributed by atoms with van der Waals surface area (Å²) in [6, 6.07) is 64.4. The van der Waals surface area contributed by atoms with E-state index in [9.17, 15) is 0 Å². The number of nitrogens with zero attached hydrogens (tertiary/aromatic N) is 4. The summed E-state index contributed by atoms with van der Waals surface area (Å²) in [4.78, 5) is 23.8. The minimum atomic E-state index is -1.28. The van der Waals surface area contributed by atoms with Crippen molar-refractivity contribution in [1.82, 2.24) is 0 Å². The average molecular weight is 687 g/mol. The van der Waals surface area contributed by atoms with Gasteiger partial charge in [0.15, 0.2) is 0 Å². The second-order valence-electron chi connectivity index (χ2n) is 14.4. The van der Waals surface area contributed by atoms with E-state index in [1.807, 2.05) is 12.1 Å². The molecule has 0 unspecified atom stereocenters. The maximum absolute atomic E-state index is 5.96. The summed E-state index contributed by atoms with van der Waals surface area (Å²) in [7, 11) is 0. The molecule has 54 heavy (non-hydrogen) atoms. The van der Waals surface area contributed by atoms with Gasteiger partial charge in [-0.15, -0.1) is 0 Å². The summed E-state index contributed by atoms with van der Waals surface area (Å²) >= 11 is 0. The molecule has 12 rings (SSSR count). The molecule has 2 spiro atoms. The molecule has 0 amide bonds. The first-order chi connectivity index (χ1) is 26.7. The molecule has 2 heterocycles. The van der Waals surface area contributed by atoms with E-state index in [1.165, 1.54) is 10.8 Å². The first kappa shape index (κ1) is 29.5. The van der Waals surface area contributed by atoms with Crippen LogP contribution in [0.3, 0.4) is 0 Å². The van der Waals surface area contributed by atoms with Crippen LogP contribution in [0, 0.1) is 0 Å². The smallest absolute Gasteiger partial charge is 0.227 e. The van der Waals surface area contributed by atoms with Crippen LogP contribution in [0.5, 0.6) is 0 Å². The Morgan fingerprint density at radius 1 is 0.278 bits per heavy atom. The highest BCUT2D eigenvalue weighted by molar-refractivity contribution is 6.54. The summed E-state index contributed by atoms with van der Waals surface area (Å²) in [5.41, 5.74) is 5.40. The lowest BCUT2D eigenvalue weighted by Gasteiger charge is -2.44. The van der Waals surface area contributed by atoms with E-state index >= 15 is 0 Å². The van der Waals surface area contributed by atoms with Crippen molar-refractivity contribution >= 4 is 54.5 Å². The van der Waals surface area contributed by atoms with E-state index in [2.05, 4.69) is 170 Å². The third kappa shape index (κ3) is 3.76. The molecule has 0 saturated heterocycles. The van der Waals surface area contributed by atoms with E-state index in [0.29, 0.717) is 0 Å². The first-order valence-electron chi connectivity index (χ1n) is 18.5. The molecule has 0 radical (unpaired) electrons. The molecule has 0 N–H and O–H groups in total. The first-order valence-corrected chi connectivity index (χ1v) is 18.5. The fourth-order valence-corrected chi connectivity index (χ4v) is 9.32. The highest BCUT2D eigenvalue weighted by atomic mass is 15.3. The molecule has 0 aromatic heterocycles. The van der Waals surface area contributed by atoms with E-state index < -0.39 is 11.3 Å². The van der Waals surface area contributed by atoms with Crippen molar-refractivity contribution in [3.05, 3.63) is 215 Å². The van der Waals surface area contributed by atoms with Crippen molar-refractivity contribution in [2.24, 2.45) is 20.0 Å². The van der Waals surface area contributed by atoms with E-state index in [-0.39, 0.29) is 0 Å². The third-order valence-corrected chi connectivity index (χ3v) is 11.6. The number of hydrogen-bond acceptors (Lipinski definition) is 4. The van der Waals surface area contributed by atoms with Gasteiger partial charge in [0.05, 0.1) is 22.1 Å². The predicted molar refractivity (Wildman–Crippen MR) is 220 cm³/mol. The minimum absolute atomic E-state index is 0.834. The van der Waals surface area contributed by atoms with Crippen LogP contribution in [0.15, 0.2) is 202 Å². The Morgan fingerprint density at radius 3 is 1.07 bits per heavy atom. The van der Waals surface area contributed by atoms with E-state index in [1.54, 1.807) is 0 Å². The summed E-state index contributed by atoms with van der Waals surface area (Å²) < 4.78 is 0. The van der Waals surface area contributed by atoms with Gasteiger partial charge in [-0.25, -0.2) is 20.0 Å². The summed E-state index contributed by atoms with van der Waals surface area (Å²) in [5, 5.41) is 10.9. The maximum Gasteiger partial charge on any atom is 0.227 e. The number of fused-ring (bicyclic) bond motifs is 16. The minimum Gasteiger partial charge on any atom is -0.243 e. The molecule has 4 heteroatoms. The molecular formula is C50H30N4. The van der Waals surface area contributed by atoms with Crippen molar-refractivity contribution < 1.29 is 0 Å². The lowest BCUT2D eigenvalue weighted by molar-refractivity contribution is 0.247. The van der Waals surface area contributed by atoms with Crippen LogP contribution in [0.1, 0.15) is 22.3 Å². The second-order valence-corrected chi connectivity index (χ2v) is 14.4. The standard InChI is InChI=1S/C50H30N4/c1-3-17-33(18-4-1)45-46(34-19-5-2-6-20-34)52-49(51-45)41-29-27-31-15-7-9-21-35(31)43(41)44-36-22-10-8-16-32(36)28-30-42(44)50(49)53-47-39-25-13-11-23-37(39)38-24-12-14-26-40(38)48(47)54-50/h1-30H. The van der Waals surface area contributed by atoms with Gasteiger partial charge in [0.1, 0.15) is 0 Å². The van der Waals surface area contributed by atoms with Crippen LogP contribution in [0.25, 0.3) is 54.2 Å². The second kappa shape index (κ2) is 10.8. The van der Waals surface area contributed by atoms with E-state index in [4.69, 9.17) is 20.0 Å². The molecule has 0 atom stereocenters. The average Bonchev–Trinajstić information content (AvgIpc) is 3.86. The van der Waals surface area contributed by atoms with Crippen molar-refractivity contribution in [1.29, 1.82) is 0 Å². The largest absolute Gasteiger partial charge is 0.243 e. The Kier molecular flexibility index (Phi) is 5.88. The Morgan fingerprint density at radius 2 is 0.630 bits per heavy atom. The van der Waals surface area contributed by atoms with Crippen molar-refractivity contribution in [3.8, 4) is 11.1 Å². The molecule has 9 aromatic carbocycles. The SMILES string of the molecule is c1ccc(C2=NC3(N=C2c2ccccc2)c2ccc4ccccc4c2-c2c(ccc4ccccc24)C32N=c3c(c4ccccc4c4ccccc34)=N2)cc1. The van der Waals surface area contributed by atoms with E-state index in [0.717, 1.165) is 87.8 Å². The zero-order valence-electron chi connectivity index (χ0n) is 29.1. The number of hydrogen-bond donors (Lipinski definition) is 0. The zero-order chi connectivity index (χ0) is 35.4. The normalized spacial score (nSPS) is 15.9. The molecule has 9 aromatic rings. The topological polar surface area (TPSA) is 49.4 Å². The molecule has 0 saturated carbocycles. The molecule has 1 aliphatic carbocycles. The van der Waals surface area contributed by atoms with Gasteiger partial charge in [-0.1, -0.05) is 182 Å². The fourth-order valence-electron chi connectivity index (χ4n) is 9.32. The van der Waals surface area contributed by atoms with Crippen LogP contribution < -0.4 is 10.7 Å². The van der Waals surface area contributed by atoms with Gasteiger partial charge in [-0.05, 0) is 43.4 Å². The Bertz CT molecular complexity index is 3140. The Labute approximate surface area is 310 Å². The van der Waals surface area contributed by atoms with Gasteiger partial charge in [0.25, 0.3) is 0 Å². The van der Waals surface area contributed by atoms with Crippen LogP contribution in [0.4, 0.5) is 0 Å². The van der Waals surface area contributed by atoms with Crippen molar-refractivity contribution in [2.45, 2.75) is 11.3 Å². The van der Waals surface area contributed by atoms with Crippen molar-refractivity contribution in [2.75, 3.05) is 0 Å². The summed E-state index contributed by atoms with van der Waals surface area (Å²) in [6.45, 7) is 0. The van der Waals surface area contributed by atoms with Crippen LogP contribution in [0.2, 0.25) is 0 Å². The molecule has 3 aliphatic rings. The quantitative estimate of drug-likeness (QED) is 0.163. The van der Waals surface area contributed by atoms with Crippen LogP contribution in [-0.4, -0.2) is 11.4 Å². The van der Waals surface area contributed by atoms with Gasteiger partial charge in [-0.3, -0.25) is 0 Å². The predicted octanol–water partition coefficient (Wildman–Crippen LogP) is 10.2. The lowest BCUT2D eigenvalue weighted by Crippen LogP contribution is -2.46. The van der Waals surface area contributed by atoms with Gasteiger partial charge >= 0.3 is 0 Å². The van der Waals surface area contributed by atoms with Crippen molar-refractivity contribution in [3.63, 3.8) is 0 Å². The Balaban J connectivity index is 1.34. The van der Waals surface area contributed by atoms with Gasteiger partial charge in [-0.2, -0.15) is 0 Å². The Hall–Kier alpha value is -7.04. The molecule has 2 aliphatic heterocycles. The summed E-state index contributed by atoms with van der Waals surface area (Å²) in [5.74, 6) is 0. The number of aliphatic imine (C=N–C) groups is 2. The van der Waals surface area contributed by atoms with Gasteiger partial charge < -0.3 is 0 Å². The molecule has 0 bridgehead atoms. The fraction of sp³-hybridized carbons (Fsp3) is 0.0400. The zero-order valence-corrected chi connectivity index (χ0v) is 29.1. The van der Waals surface area contributed by atoms with Gasteiger partial charge in [0.2, 0.25) is 11.3 Å².